The summed E-state index contributed by atoms with van der Waals surface area (Å²) in [7, 11) is -3.14. The molecule has 0 bridgehead atoms. The highest BCUT2D eigenvalue weighted by molar-refractivity contribution is 7.92. The van der Waals surface area contributed by atoms with Crippen LogP contribution in [0.15, 0.2) is 0 Å². The molecule has 0 spiro atoms. The number of nitrogens with one attached hydrogen (secondary N) is 1. The van der Waals surface area contributed by atoms with Crippen molar-refractivity contribution in [1.82, 2.24) is 10.2 Å². The molecule has 1 amide bonds. The normalized spacial score (nSPS) is 32.7. The van der Waals surface area contributed by atoms with Crippen molar-refractivity contribution in [3.8, 4) is 0 Å². The number of rotatable bonds is 1. The van der Waals surface area contributed by atoms with Gasteiger partial charge in [0.2, 0.25) is 5.91 Å². The smallest absolute Gasteiger partial charge is 0.262 e. The SMILES string of the molecule is CC1CN(C(=O)C2CC(F)(F)CN2)CCS1(=O)=O.Cl. The second-order valence-corrected chi connectivity index (χ2v) is 7.49. The molecule has 2 saturated heterocycles. The van der Waals surface area contributed by atoms with Gasteiger partial charge in [-0.1, -0.05) is 0 Å². The Balaban J connectivity index is 0.00000180. The van der Waals surface area contributed by atoms with Gasteiger partial charge in [0.15, 0.2) is 9.84 Å². The molecule has 2 aliphatic heterocycles. The van der Waals surface area contributed by atoms with E-state index in [0.717, 1.165) is 0 Å². The highest BCUT2D eigenvalue weighted by atomic mass is 35.5. The van der Waals surface area contributed by atoms with Crippen LogP contribution in [0.25, 0.3) is 0 Å². The van der Waals surface area contributed by atoms with Crippen LogP contribution >= 0.6 is 12.4 Å². The third kappa shape index (κ3) is 3.55. The van der Waals surface area contributed by atoms with Crippen LogP contribution in [-0.4, -0.2) is 61.8 Å². The van der Waals surface area contributed by atoms with Crippen LogP contribution in [0.4, 0.5) is 8.78 Å². The zero-order valence-electron chi connectivity index (χ0n) is 10.4. The molecule has 2 unspecified atom stereocenters. The van der Waals surface area contributed by atoms with E-state index in [2.05, 4.69) is 5.32 Å². The standard InChI is InChI=1S/C10H16F2N2O3S.ClH/c1-7-5-14(2-3-18(7,16)17)9(15)8-4-10(11,12)6-13-8;/h7-8,13H,2-6H2,1H3;1H. The molecular formula is C10H17ClF2N2O3S. The van der Waals surface area contributed by atoms with Crippen molar-refractivity contribution in [3.05, 3.63) is 0 Å². The van der Waals surface area contributed by atoms with E-state index in [4.69, 9.17) is 0 Å². The lowest BCUT2D eigenvalue weighted by molar-refractivity contribution is -0.133. The molecule has 0 saturated carbocycles. The van der Waals surface area contributed by atoms with Crippen molar-refractivity contribution in [2.45, 2.75) is 30.6 Å². The molecule has 9 heteroatoms. The van der Waals surface area contributed by atoms with Gasteiger partial charge in [0.25, 0.3) is 5.92 Å². The highest BCUT2D eigenvalue weighted by Gasteiger charge is 2.44. The molecule has 0 radical (unpaired) electrons. The first kappa shape index (κ1) is 16.6. The van der Waals surface area contributed by atoms with E-state index in [0.29, 0.717) is 0 Å². The van der Waals surface area contributed by atoms with E-state index < -0.39 is 45.9 Å². The average Bonchev–Trinajstić information content (AvgIpc) is 2.62. The molecule has 0 aromatic heterocycles. The molecule has 5 nitrogen and oxygen atoms in total. The molecule has 0 aromatic carbocycles. The van der Waals surface area contributed by atoms with Crippen LogP contribution in [0.5, 0.6) is 0 Å². The van der Waals surface area contributed by atoms with E-state index in [1.807, 2.05) is 0 Å². The van der Waals surface area contributed by atoms with Crippen molar-refractivity contribution in [2.24, 2.45) is 0 Å². The predicted molar refractivity (Wildman–Crippen MR) is 68.4 cm³/mol. The Morgan fingerprint density at radius 2 is 2.05 bits per heavy atom. The fourth-order valence-electron chi connectivity index (χ4n) is 2.26. The molecule has 2 atom stereocenters. The zero-order chi connectivity index (χ0) is 13.6. The lowest BCUT2D eigenvalue weighted by atomic mass is 10.1. The van der Waals surface area contributed by atoms with Crippen LogP contribution in [0, 0.1) is 0 Å². The topological polar surface area (TPSA) is 66.5 Å². The number of nitrogens with zero attached hydrogens (tertiary/aromatic N) is 1. The summed E-state index contributed by atoms with van der Waals surface area (Å²) in [5.74, 6) is -3.37. The van der Waals surface area contributed by atoms with Crippen molar-refractivity contribution < 1.29 is 22.0 Å². The summed E-state index contributed by atoms with van der Waals surface area (Å²) in [5.41, 5.74) is 0. The van der Waals surface area contributed by atoms with Crippen molar-refractivity contribution in [2.75, 3.05) is 25.4 Å². The number of hydrogen-bond donors (Lipinski definition) is 1. The summed E-state index contributed by atoms with van der Waals surface area (Å²) in [4.78, 5) is 13.3. The lowest BCUT2D eigenvalue weighted by Crippen LogP contribution is -2.52. The van der Waals surface area contributed by atoms with E-state index >= 15 is 0 Å². The number of amides is 1. The fourth-order valence-corrected chi connectivity index (χ4v) is 3.55. The van der Waals surface area contributed by atoms with Crippen molar-refractivity contribution in [3.63, 3.8) is 0 Å². The molecule has 2 rings (SSSR count). The maximum atomic E-state index is 13.0. The third-order valence-electron chi connectivity index (χ3n) is 3.46. The molecule has 2 fully saturated rings. The minimum absolute atomic E-state index is 0. The molecule has 1 N–H and O–H groups in total. The van der Waals surface area contributed by atoms with E-state index in [9.17, 15) is 22.0 Å². The van der Waals surface area contributed by atoms with Gasteiger partial charge in [0, 0.05) is 19.5 Å². The second kappa shape index (κ2) is 5.49. The Bertz CT molecular complexity index is 458. The fraction of sp³-hybridized carbons (Fsp3) is 0.900. The Kier molecular flexibility index (Phi) is 4.79. The van der Waals surface area contributed by atoms with E-state index in [-0.39, 0.29) is 31.2 Å². The molecule has 2 aliphatic rings. The average molecular weight is 319 g/mol. The van der Waals surface area contributed by atoms with Gasteiger partial charge in [-0.05, 0) is 6.92 Å². The molecule has 0 aliphatic carbocycles. The Morgan fingerprint density at radius 3 is 2.53 bits per heavy atom. The third-order valence-corrected chi connectivity index (χ3v) is 5.58. The van der Waals surface area contributed by atoms with Crippen LogP contribution in [0.1, 0.15) is 13.3 Å². The van der Waals surface area contributed by atoms with Gasteiger partial charge in [-0.3, -0.25) is 10.1 Å². The minimum Gasteiger partial charge on any atom is -0.339 e. The zero-order valence-corrected chi connectivity index (χ0v) is 12.1. The predicted octanol–water partition coefficient (Wildman–Crippen LogP) is 0.0509. The van der Waals surface area contributed by atoms with E-state index in [1.165, 1.54) is 11.8 Å². The minimum atomic E-state index is -3.14. The van der Waals surface area contributed by atoms with Gasteiger partial charge >= 0.3 is 0 Å². The molecule has 19 heavy (non-hydrogen) atoms. The lowest BCUT2D eigenvalue weighted by Gasteiger charge is -2.32. The van der Waals surface area contributed by atoms with Gasteiger partial charge in [0.1, 0.15) is 0 Å². The van der Waals surface area contributed by atoms with Crippen molar-refractivity contribution in [1.29, 1.82) is 0 Å². The second-order valence-electron chi connectivity index (χ2n) is 4.96. The van der Waals surface area contributed by atoms with Crippen molar-refractivity contribution >= 4 is 28.2 Å². The quantitative estimate of drug-likeness (QED) is 0.742. The Labute approximate surface area is 117 Å². The number of halogens is 3. The molecule has 2 heterocycles. The summed E-state index contributed by atoms with van der Waals surface area (Å²) >= 11 is 0. The molecular weight excluding hydrogens is 302 g/mol. The molecule has 112 valence electrons. The first-order valence-corrected chi connectivity index (χ1v) is 7.54. The number of alkyl halides is 2. The van der Waals surface area contributed by atoms with Gasteiger partial charge < -0.3 is 4.90 Å². The van der Waals surface area contributed by atoms with Gasteiger partial charge in [0.05, 0.1) is 23.6 Å². The maximum Gasteiger partial charge on any atom is 0.262 e. The van der Waals surface area contributed by atoms with Gasteiger partial charge in [-0.25, -0.2) is 17.2 Å². The summed E-state index contributed by atoms with van der Waals surface area (Å²) in [6.45, 7) is 1.22. The van der Waals surface area contributed by atoms with Crippen LogP contribution in [0.3, 0.4) is 0 Å². The first-order valence-electron chi connectivity index (χ1n) is 5.83. The highest BCUT2D eigenvalue weighted by Crippen LogP contribution is 2.26. The maximum absolute atomic E-state index is 13.0. The van der Waals surface area contributed by atoms with E-state index in [1.54, 1.807) is 0 Å². The number of sulfone groups is 1. The first-order chi connectivity index (χ1) is 8.21. The van der Waals surface area contributed by atoms with Crippen LogP contribution in [-0.2, 0) is 14.6 Å². The summed E-state index contributed by atoms with van der Waals surface area (Å²) < 4.78 is 49.0. The monoisotopic (exact) mass is 318 g/mol. The number of carbonyl (C=O) groups excluding carboxylic acids is 1. The van der Waals surface area contributed by atoms with Crippen LogP contribution in [0.2, 0.25) is 0 Å². The summed E-state index contributed by atoms with van der Waals surface area (Å²) in [5, 5.41) is 1.86. The number of hydrogen-bond acceptors (Lipinski definition) is 4. The largest absolute Gasteiger partial charge is 0.339 e. The summed E-state index contributed by atoms with van der Waals surface area (Å²) in [6.07, 6.45) is -0.510. The van der Waals surface area contributed by atoms with Crippen LogP contribution < -0.4 is 5.32 Å². The molecule has 0 aromatic rings. The summed E-state index contributed by atoms with van der Waals surface area (Å²) in [6, 6.07) is -0.895. The van der Waals surface area contributed by atoms with Gasteiger partial charge in [-0.2, -0.15) is 0 Å². The van der Waals surface area contributed by atoms with Gasteiger partial charge in [-0.15, -0.1) is 12.4 Å². The Morgan fingerprint density at radius 1 is 1.42 bits per heavy atom. The number of carbonyl (C=O) groups is 1. The Hall–Kier alpha value is -0.470.